The molecule has 0 atom stereocenters. The quantitative estimate of drug-likeness (QED) is 0.349. The maximum Gasteiger partial charge on any atom is 0.337 e. The lowest BCUT2D eigenvalue weighted by Gasteiger charge is -1.98. The fraction of sp³-hybridized carbons (Fsp3) is 0.222. The van der Waals surface area contributed by atoms with E-state index in [0.717, 1.165) is 0 Å². The van der Waals surface area contributed by atoms with E-state index in [2.05, 4.69) is 17.9 Å². The van der Waals surface area contributed by atoms with Crippen molar-refractivity contribution in [3.63, 3.8) is 0 Å². The lowest BCUT2D eigenvalue weighted by atomic mass is 10.3. The Hall–Kier alpha value is -1.31. The van der Waals surface area contributed by atoms with E-state index in [-0.39, 0.29) is 5.97 Å². The van der Waals surface area contributed by atoms with Crippen LogP contribution >= 0.6 is 0 Å². The Balaban J connectivity index is 3.92. The second-order valence-corrected chi connectivity index (χ2v) is 1.84. The van der Waals surface area contributed by atoms with Crippen LogP contribution in [0.3, 0.4) is 0 Å². The molecule has 0 rings (SSSR count). The van der Waals surface area contributed by atoms with Crippen LogP contribution < -0.4 is 0 Å². The van der Waals surface area contributed by atoms with Gasteiger partial charge >= 0.3 is 5.97 Å². The molecule has 2 heteroatoms. The third-order valence-corrected chi connectivity index (χ3v) is 0.971. The normalized spacial score (nSPS) is 9.55. The van der Waals surface area contributed by atoms with E-state index in [0.29, 0.717) is 12.2 Å². The molecule has 0 aromatic rings. The van der Waals surface area contributed by atoms with E-state index < -0.39 is 0 Å². The van der Waals surface area contributed by atoms with Crippen LogP contribution in [0.4, 0.5) is 0 Å². The lowest BCUT2D eigenvalue weighted by Crippen LogP contribution is -2.04. The highest BCUT2D eigenvalue weighted by Crippen LogP contribution is 1.96. The lowest BCUT2D eigenvalue weighted by molar-refractivity contribution is -0.138. The van der Waals surface area contributed by atoms with Crippen molar-refractivity contribution in [3.05, 3.63) is 37.0 Å². The minimum Gasteiger partial charge on any atom is -0.462 e. The molecule has 0 N–H and O–H groups in total. The monoisotopic (exact) mass is 152 g/mol. The minimum absolute atomic E-state index is 0.340. The molecule has 0 bridgehead atoms. The highest BCUT2D eigenvalue weighted by atomic mass is 16.5. The summed E-state index contributed by atoms with van der Waals surface area (Å²) < 4.78 is 4.68. The molecule has 0 aliphatic heterocycles. The maximum absolute atomic E-state index is 10.8. The van der Waals surface area contributed by atoms with Crippen molar-refractivity contribution in [2.45, 2.75) is 6.92 Å². The van der Waals surface area contributed by atoms with Gasteiger partial charge in [0, 0.05) is 0 Å². The first-order valence-corrected chi connectivity index (χ1v) is 3.37. The average Bonchev–Trinajstić information content (AvgIpc) is 2.00. The predicted molar refractivity (Wildman–Crippen MR) is 45.1 cm³/mol. The van der Waals surface area contributed by atoms with Crippen LogP contribution in [0.5, 0.6) is 0 Å². The number of rotatable bonds is 4. The van der Waals surface area contributed by atoms with Crippen LogP contribution in [-0.2, 0) is 9.53 Å². The Morgan fingerprint density at radius 2 is 2.27 bits per heavy atom. The number of hydrogen-bond acceptors (Lipinski definition) is 2. The summed E-state index contributed by atoms with van der Waals surface area (Å²) in [5.41, 5.74) is 0.340. The summed E-state index contributed by atoms with van der Waals surface area (Å²) in [6, 6.07) is 0. The molecular formula is C9H12O2. The zero-order valence-corrected chi connectivity index (χ0v) is 6.67. The molecule has 0 aliphatic rings. The van der Waals surface area contributed by atoms with E-state index in [9.17, 15) is 4.79 Å². The number of hydrogen-bond donors (Lipinski definition) is 0. The zero-order chi connectivity index (χ0) is 8.69. The SMILES string of the molecule is C=C/C=C/C(=C)C(=O)OCC. The smallest absolute Gasteiger partial charge is 0.337 e. The molecule has 0 saturated heterocycles. The van der Waals surface area contributed by atoms with E-state index in [1.807, 2.05) is 0 Å². The van der Waals surface area contributed by atoms with Crippen LogP contribution in [-0.4, -0.2) is 12.6 Å². The molecule has 2 nitrogen and oxygen atoms in total. The molecule has 11 heavy (non-hydrogen) atoms. The predicted octanol–water partition coefficient (Wildman–Crippen LogP) is 1.85. The van der Waals surface area contributed by atoms with Crippen LogP contribution in [0.2, 0.25) is 0 Å². The standard InChI is InChI=1S/C9H12O2/c1-4-6-7-8(3)9(10)11-5-2/h4,6-7H,1,3,5H2,2H3/b7-6+. The van der Waals surface area contributed by atoms with Gasteiger partial charge in [-0.05, 0) is 13.0 Å². The highest BCUT2D eigenvalue weighted by molar-refractivity contribution is 5.90. The summed E-state index contributed by atoms with van der Waals surface area (Å²) in [6.07, 6.45) is 4.77. The Bertz CT molecular complexity index is 190. The van der Waals surface area contributed by atoms with Gasteiger partial charge in [-0.3, -0.25) is 0 Å². The van der Waals surface area contributed by atoms with Crippen molar-refractivity contribution in [1.29, 1.82) is 0 Å². The van der Waals surface area contributed by atoms with Gasteiger partial charge < -0.3 is 4.74 Å². The van der Waals surface area contributed by atoms with Crippen LogP contribution in [0.15, 0.2) is 37.0 Å². The van der Waals surface area contributed by atoms with E-state index in [1.165, 1.54) is 0 Å². The average molecular weight is 152 g/mol. The molecule has 0 fully saturated rings. The fourth-order valence-corrected chi connectivity index (χ4v) is 0.476. The largest absolute Gasteiger partial charge is 0.462 e. The summed E-state index contributed by atoms with van der Waals surface area (Å²) >= 11 is 0. The summed E-state index contributed by atoms with van der Waals surface area (Å²) in [5.74, 6) is -0.384. The second-order valence-electron chi connectivity index (χ2n) is 1.84. The molecule has 60 valence electrons. The summed E-state index contributed by atoms with van der Waals surface area (Å²) in [6.45, 7) is 9.09. The van der Waals surface area contributed by atoms with Gasteiger partial charge in [-0.1, -0.05) is 25.3 Å². The Labute approximate surface area is 66.9 Å². The molecule has 0 unspecified atom stereocenters. The van der Waals surface area contributed by atoms with Crippen molar-refractivity contribution in [2.75, 3.05) is 6.61 Å². The topological polar surface area (TPSA) is 26.3 Å². The molecule has 0 aromatic heterocycles. The summed E-state index contributed by atoms with van der Waals surface area (Å²) in [7, 11) is 0. The van der Waals surface area contributed by atoms with Crippen molar-refractivity contribution >= 4 is 5.97 Å². The first kappa shape index (κ1) is 9.69. The molecule has 0 aromatic carbocycles. The van der Waals surface area contributed by atoms with Gasteiger partial charge in [0.2, 0.25) is 0 Å². The minimum atomic E-state index is -0.384. The van der Waals surface area contributed by atoms with Gasteiger partial charge in [-0.15, -0.1) is 0 Å². The van der Waals surface area contributed by atoms with E-state index >= 15 is 0 Å². The molecule has 0 aliphatic carbocycles. The molecule has 0 amide bonds. The van der Waals surface area contributed by atoms with Gasteiger partial charge in [0.05, 0.1) is 12.2 Å². The summed E-state index contributed by atoms with van der Waals surface area (Å²) in [5, 5.41) is 0. The molecular weight excluding hydrogens is 140 g/mol. The molecule has 0 radical (unpaired) electrons. The van der Waals surface area contributed by atoms with E-state index in [1.54, 1.807) is 25.2 Å². The molecule has 0 heterocycles. The number of esters is 1. The first-order chi connectivity index (χ1) is 5.22. The van der Waals surface area contributed by atoms with Gasteiger partial charge in [0.15, 0.2) is 0 Å². The molecule has 0 spiro atoms. The Kier molecular flexibility index (Phi) is 4.82. The highest BCUT2D eigenvalue weighted by Gasteiger charge is 2.01. The number of carbonyl (C=O) groups is 1. The van der Waals surface area contributed by atoms with E-state index in [4.69, 9.17) is 0 Å². The van der Waals surface area contributed by atoms with Crippen molar-refractivity contribution in [3.8, 4) is 0 Å². The van der Waals surface area contributed by atoms with Crippen LogP contribution in [0.1, 0.15) is 6.92 Å². The third-order valence-electron chi connectivity index (χ3n) is 0.971. The van der Waals surface area contributed by atoms with Crippen LogP contribution in [0, 0.1) is 0 Å². The number of allylic oxidation sites excluding steroid dienone is 2. The number of carbonyl (C=O) groups excluding carboxylic acids is 1. The van der Waals surface area contributed by atoms with Crippen molar-refractivity contribution < 1.29 is 9.53 Å². The fourth-order valence-electron chi connectivity index (χ4n) is 0.476. The second kappa shape index (κ2) is 5.47. The van der Waals surface area contributed by atoms with Gasteiger partial charge in [0.25, 0.3) is 0 Å². The van der Waals surface area contributed by atoms with Gasteiger partial charge in [-0.25, -0.2) is 4.79 Å². The van der Waals surface area contributed by atoms with Crippen molar-refractivity contribution in [1.82, 2.24) is 0 Å². The van der Waals surface area contributed by atoms with Crippen molar-refractivity contribution in [2.24, 2.45) is 0 Å². The zero-order valence-electron chi connectivity index (χ0n) is 6.67. The number of ether oxygens (including phenoxy) is 1. The van der Waals surface area contributed by atoms with Crippen LogP contribution in [0.25, 0.3) is 0 Å². The van der Waals surface area contributed by atoms with Gasteiger partial charge in [-0.2, -0.15) is 0 Å². The first-order valence-electron chi connectivity index (χ1n) is 3.37. The Morgan fingerprint density at radius 3 is 2.73 bits per heavy atom. The van der Waals surface area contributed by atoms with Gasteiger partial charge in [0.1, 0.15) is 0 Å². The molecule has 0 saturated carbocycles. The summed E-state index contributed by atoms with van der Waals surface area (Å²) in [4.78, 5) is 10.8. The maximum atomic E-state index is 10.8. The Morgan fingerprint density at radius 1 is 1.64 bits per heavy atom. The third kappa shape index (κ3) is 4.14.